The van der Waals surface area contributed by atoms with E-state index in [0.29, 0.717) is 0 Å². The summed E-state index contributed by atoms with van der Waals surface area (Å²) in [6.45, 7) is 14.2. The first-order chi connectivity index (χ1) is 7.61. The Hall–Kier alpha value is -0.0800. The molecule has 16 heavy (non-hydrogen) atoms. The second-order valence-electron chi connectivity index (χ2n) is 6.00. The van der Waals surface area contributed by atoms with Crippen LogP contribution in [0.5, 0.6) is 0 Å². The monoisotopic (exact) mass is 226 g/mol. The molecule has 1 rings (SSSR count). The molecule has 0 bridgehead atoms. The summed E-state index contributed by atoms with van der Waals surface area (Å²) >= 11 is 0. The molecule has 0 aliphatic carbocycles. The van der Waals surface area contributed by atoms with E-state index in [0.717, 1.165) is 23.7 Å². The molecule has 1 aliphatic heterocycles. The minimum absolute atomic E-state index is 0.792. The fourth-order valence-corrected chi connectivity index (χ4v) is 2.78. The average Bonchev–Trinajstić information content (AvgIpc) is 2.24. The van der Waals surface area contributed by atoms with E-state index in [4.69, 9.17) is 0 Å². The van der Waals surface area contributed by atoms with E-state index in [9.17, 15) is 0 Å². The second-order valence-corrected chi connectivity index (χ2v) is 6.00. The highest BCUT2D eigenvalue weighted by atomic mass is 14.9. The maximum Gasteiger partial charge on any atom is -0.00155 e. The Morgan fingerprint density at radius 3 is 2.12 bits per heavy atom. The zero-order valence-electron chi connectivity index (χ0n) is 11.6. The Morgan fingerprint density at radius 1 is 1.06 bits per heavy atom. The van der Waals surface area contributed by atoms with E-state index in [-0.39, 0.29) is 0 Å². The lowest BCUT2D eigenvalue weighted by Crippen LogP contribution is -2.37. The molecule has 0 aromatic rings. The Bertz CT molecular complexity index is 164. The highest BCUT2D eigenvalue weighted by Gasteiger charge is 2.18. The third-order valence-electron chi connectivity index (χ3n) is 3.98. The molecule has 2 N–H and O–H groups in total. The van der Waals surface area contributed by atoms with Gasteiger partial charge in [0.1, 0.15) is 0 Å². The molecule has 1 heterocycles. The van der Waals surface area contributed by atoms with Crippen LogP contribution in [0, 0.1) is 23.7 Å². The van der Waals surface area contributed by atoms with Crippen molar-refractivity contribution in [2.24, 2.45) is 23.7 Å². The van der Waals surface area contributed by atoms with Crippen molar-refractivity contribution in [1.82, 2.24) is 10.6 Å². The van der Waals surface area contributed by atoms with Gasteiger partial charge in [-0.05, 0) is 62.7 Å². The molecule has 96 valence electrons. The third-order valence-corrected chi connectivity index (χ3v) is 3.98. The summed E-state index contributed by atoms with van der Waals surface area (Å²) in [5.41, 5.74) is 0. The van der Waals surface area contributed by atoms with Crippen molar-refractivity contribution in [2.45, 2.75) is 40.5 Å². The largest absolute Gasteiger partial charge is 0.317 e. The average molecular weight is 226 g/mol. The number of hydrogen-bond acceptors (Lipinski definition) is 2. The van der Waals surface area contributed by atoms with Gasteiger partial charge in [0, 0.05) is 0 Å². The Labute approximate surface area is 102 Å². The third kappa shape index (κ3) is 4.84. The summed E-state index contributed by atoms with van der Waals surface area (Å²) in [6.07, 6.45) is 2.70. The van der Waals surface area contributed by atoms with Gasteiger partial charge in [-0.25, -0.2) is 0 Å². The van der Waals surface area contributed by atoms with Crippen LogP contribution in [0.3, 0.4) is 0 Å². The summed E-state index contributed by atoms with van der Waals surface area (Å²) in [4.78, 5) is 0. The van der Waals surface area contributed by atoms with Gasteiger partial charge in [-0.3, -0.25) is 0 Å². The van der Waals surface area contributed by atoms with Crippen molar-refractivity contribution in [2.75, 3.05) is 26.2 Å². The predicted octanol–water partition coefficient (Wildman–Crippen LogP) is 2.50. The van der Waals surface area contributed by atoms with Crippen LogP contribution in [-0.2, 0) is 0 Å². The summed E-state index contributed by atoms with van der Waals surface area (Å²) in [5, 5.41) is 7.11. The Balaban J connectivity index is 2.16. The molecule has 2 heteroatoms. The van der Waals surface area contributed by atoms with Crippen LogP contribution in [0.4, 0.5) is 0 Å². The molecule has 1 saturated heterocycles. The quantitative estimate of drug-likeness (QED) is 0.727. The van der Waals surface area contributed by atoms with Crippen LogP contribution in [0.1, 0.15) is 40.5 Å². The van der Waals surface area contributed by atoms with Crippen LogP contribution in [-0.4, -0.2) is 26.2 Å². The SMILES string of the molecule is CC(C)C(CNCC1CCNCC1)C(C)C. The molecular formula is C14H30N2. The molecule has 0 amide bonds. The topological polar surface area (TPSA) is 24.1 Å². The second kappa shape index (κ2) is 7.29. The number of piperidine rings is 1. The zero-order chi connectivity index (χ0) is 12.0. The van der Waals surface area contributed by atoms with Gasteiger partial charge in [-0.15, -0.1) is 0 Å². The fraction of sp³-hybridized carbons (Fsp3) is 1.00. The van der Waals surface area contributed by atoms with Crippen molar-refractivity contribution in [3.63, 3.8) is 0 Å². The predicted molar refractivity (Wildman–Crippen MR) is 71.6 cm³/mol. The molecule has 2 nitrogen and oxygen atoms in total. The molecule has 0 aromatic heterocycles. The van der Waals surface area contributed by atoms with Gasteiger partial charge in [0.25, 0.3) is 0 Å². The van der Waals surface area contributed by atoms with Gasteiger partial charge >= 0.3 is 0 Å². The Morgan fingerprint density at radius 2 is 1.62 bits per heavy atom. The van der Waals surface area contributed by atoms with Gasteiger partial charge in [0.05, 0.1) is 0 Å². The smallest absolute Gasteiger partial charge is 0.00155 e. The summed E-state index contributed by atoms with van der Waals surface area (Å²) in [5.74, 6) is 3.31. The van der Waals surface area contributed by atoms with Crippen LogP contribution in [0.15, 0.2) is 0 Å². The molecular weight excluding hydrogens is 196 g/mol. The van der Waals surface area contributed by atoms with Crippen LogP contribution < -0.4 is 10.6 Å². The van der Waals surface area contributed by atoms with Crippen molar-refractivity contribution >= 4 is 0 Å². The highest BCUT2D eigenvalue weighted by molar-refractivity contribution is 4.73. The lowest BCUT2D eigenvalue weighted by atomic mass is 9.85. The van der Waals surface area contributed by atoms with Crippen LogP contribution >= 0.6 is 0 Å². The van der Waals surface area contributed by atoms with Crippen LogP contribution in [0.2, 0.25) is 0 Å². The number of hydrogen-bond donors (Lipinski definition) is 2. The number of rotatable bonds is 6. The summed E-state index contributed by atoms with van der Waals surface area (Å²) < 4.78 is 0. The summed E-state index contributed by atoms with van der Waals surface area (Å²) in [7, 11) is 0. The van der Waals surface area contributed by atoms with Gasteiger partial charge in [0.2, 0.25) is 0 Å². The molecule has 0 aromatic carbocycles. The molecule has 0 saturated carbocycles. The highest BCUT2D eigenvalue weighted by Crippen LogP contribution is 2.19. The van der Waals surface area contributed by atoms with Crippen molar-refractivity contribution in [1.29, 1.82) is 0 Å². The van der Waals surface area contributed by atoms with E-state index in [1.807, 2.05) is 0 Å². The van der Waals surface area contributed by atoms with E-state index in [1.54, 1.807) is 0 Å². The van der Waals surface area contributed by atoms with E-state index < -0.39 is 0 Å². The maximum atomic E-state index is 3.69. The minimum atomic E-state index is 0.792. The molecule has 0 spiro atoms. The van der Waals surface area contributed by atoms with Crippen molar-refractivity contribution < 1.29 is 0 Å². The summed E-state index contributed by atoms with van der Waals surface area (Å²) in [6, 6.07) is 0. The maximum absolute atomic E-state index is 3.69. The molecule has 0 atom stereocenters. The normalized spacial score (nSPS) is 18.9. The lowest BCUT2D eigenvalue weighted by molar-refractivity contribution is 0.262. The first-order valence-corrected chi connectivity index (χ1v) is 7.02. The van der Waals surface area contributed by atoms with Crippen molar-refractivity contribution in [3.8, 4) is 0 Å². The van der Waals surface area contributed by atoms with E-state index in [1.165, 1.54) is 39.0 Å². The lowest BCUT2D eigenvalue weighted by Gasteiger charge is -2.28. The number of nitrogens with one attached hydrogen (secondary N) is 2. The molecule has 0 unspecified atom stereocenters. The van der Waals surface area contributed by atoms with Gasteiger partial charge in [-0.1, -0.05) is 27.7 Å². The molecule has 1 aliphatic rings. The Kier molecular flexibility index (Phi) is 6.37. The fourth-order valence-electron chi connectivity index (χ4n) is 2.78. The standard InChI is InChI=1S/C14H30N2/c1-11(2)14(12(3)4)10-16-9-13-5-7-15-8-6-13/h11-16H,5-10H2,1-4H3. The first-order valence-electron chi connectivity index (χ1n) is 7.02. The van der Waals surface area contributed by atoms with Crippen molar-refractivity contribution in [3.05, 3.63) is 0 Å². The van der Waals surface area contributed by atoms with Gasteiger partial charge < -0.3 is 10.6 Å². The van der Waals surface area contributed by atoms with Gasteiger partial charge in [-0.2, -0.15) is 0 Å². The van der Waals surface area contributed by atoms with Crippen LogP contribution in [0.25, 0.3) is 0 Å². The molecule has 0 radical (unpaired) electrons. The zero-order valence-corrected chi connectivity index (χ0v) is 11.6. The first kappa shape index (κ1) is 14.0. The van der Waals surface area contributed by atoms with E-state index in [2.05, 4.69) is 38.3 Å². The van der Waals surface area contributed by atoms with E-state index >= 15 is 0 Å². The molecule has 1 fully saturated rings. The van der Waals surface area contributed by atoms with Gasteiger partial charge in [0.15, 0.2) is 0 Å². The minimum Gasteiger partial charge on any atom is -0.317 e.